The zero-order chi connectivity index (χ0) is 19.4. The molecule has 6 heteroatoms. The van der Waals surface area contributed by atoms with E-state index in [2.05, 4.69) is 11.4 Å². The smallest absolute Gasteiger partial charge is 0.260 e. The van der Waals surface area contributed by atoms with Crippen LogP contribution < -0.4 is 19.5 Å². The molecule has 2 aliphatic rings. The second-order valence-electron chi connectivity index (χ2n) is 7.25. The molecule has 2 aromatic carbocycles. The second kappa shape index (κ2) is 8.10. The van der Waals surface area contributed by atoms with Crippen LogP contribution in [-0.2, 0) is 14.9 Å². The monoisotopic (exact) mass is 383 g/mol. The molecule has 0 aromatic heterocycles. The Morgan fingerprint density at radius 3 is 2.64 bits per heavy atom. The summed E-state index contributed by atoms with van der Waals surface area (Å²) in [6.45, 7) is 3.87. The molecule has 1 N–H and O–H groups in total. The lowest BCUT2D eigenvalue weighted by molar-refractivity contribution is -0.127. The van der Waals surface area contributed by atoms with Gasteiger partial charge in [0.05, 0.1) is 0 Å². The van der Waals surface area contributed by atoms with E-state index in [1.54, 1.807) is 6.92 Å². The topological polar surface area (TPSA) is 66.0 Å². The average molecular weight is 383 g/mol. The van der Waals surface area contributed by atoms with Gasteiger partial charge in [-0.25, -0.2) is 0 Å². The standard InChI is InChI=1S/C22H25NO5/c1-16(28-18-5-3-2-4-6-18)21(24)23-14-22(9-11-25-12-10-22)17-7-8-19-20(13-17)27-15-26-19/h2-8,13,16H,9-12,14-15H2,1H3,(H,23,24). The van der Waals surface area contributed by atoms with Crippen LogP contribution >= 0.6 is 0 Å². The van der Waals surface area contributed by atoms with Crippen molar-refractivity contribution in [1.82, 2.24) is 5.32 Å². The van der Waals surface area contributed by atoms with Crippen molar-refractivity contribution in [3.05, 3.63) is 54.1 Å². The fourth-order valence-corrected chi connectivity index (χ4v) is 3.71. The molecule has 1 atom stereocenters. The van der Waals surface area contributed by atoms with Crippen molar-refractivity contribution in [2.45, 2.75) is 31.3 Å². The molecule has 0 aliphatic carbocycles. The zero-order valence-electron chi connectivity index (χ0n) is 16.0. The van der Waals surface area contributed by atoms with E-state index in [0.29, 0.717) is 25.5 Å². The van der Waals surface area contributed by atoms with E-state index in [1.807, 2.05) is 42.5 Å². The van der Waals surface area contributed by atoms with Gasteiger partial charge in [-0.1, -0.05) is 24.3 Å². The fraction of sp³-hybridized carbons (Fsp3) is 0.409. The first-order valence-corrected chi connectivity index (χ1v) is 9.64. The molecule has 1 saturated heterocycles. The summed E-state index contributed by atoms with van der Waals surface area (Å²) < 4.78 is 22.3. The first kappa shape index (κ1) is 18.6. The summed E-state index contributed by atoms with van der Waals surface area (Å²) in [5.74, 6) is 2.08. The molecule has 2 aliphatic heterocycles. The van der Waals surface area contributed by atoms with Crippen molar-refractivity contribution in [3.63, 3.8) is 0 Å². The third kappa shape index (κ3) is 3.92. The van der Waals surface area contributed by atoms with Crippen molar-refractivity contribution in [2.75, 3.05) is 26.6 Å². The predicted octanol–water partition coefficient (Wildman–Crippen LogP) is 3.05. The highest BCUT2D eigenvalue weighted by Gasteiger charge is 2.36. The third-order valence-corrected chi connectivity index (χ3v) is 5.46. The van der Waals surface area contributed by atoms with Gasteiger partial charge >= 0.3 is 0 Å². The first-order chi connectivity index (χ1) is 13.7. The third-order valence-electron chi connectivity index (χ3n) is 5.46. The molecule has 1 unspecified atom stereocenters. The highest BCUT2D eigenvalue weighted by atomic mass is 16.7. The normalized spacial score (nSPS) is 18.3. The molecule has 6 nitrogen and oxygen atoms in total. The van der Waals surface area contributed by atoms with E-state index in [1.165, 1.54) is 0 Å². The van der Waals surface area contributed by atoms with Gasteiger partial charge in [-0.15, -0.1) is 0 Å². The van der Waals surface area contributed by atoms with Crippen LogP contribution in [0, 0.1) is 0 Å². The number of hydrogen-bond acceptors (Lipinski definition) is 5. The summed E-state index contributed by atoms with van der Waals surface area (Å²) in [6, 6.07) is 15.4. The quantitative estimate of drug-likeness (QED) is 0.831. The molecular weight excluding hydrogens is 358 g/mol. The van der Waals surface area contributed by atoms with E-state index >= 15 is 0 Å². The van der Waals surface area contributed by atoms with Crippen LogP contribution in [0.1, 0.15) is 25.3 Å². The maximum Gasteiger partial charge on any atom is 0.260 e. The van der Waals surface area contributed by atoms with Crippen molar-refractivity contribution in [1.29, 1.82) is 0 Å². The van der Waals surface area contributed by atoms with Crippen LogP contribution in [0.15, 0.2) is 48.5 Å². The van der Waals surface area contributed by atoms with E-state index in [0.717, 1.165) is 29.9 Å². The summed E-state index contributed by atoms with van der Waals surface area (Å²) in [5.41, 5.74) is 0.943. The van der Waals surface area contributed by atoms with Crippen LogP contribution in [-0.4, -0.2) is 38.6 Å². The molecule has 1 fully saturated rings. The summed E-state index contributed by atoms with van der Waals surface area (Å²) in [5, 5.41) is 3.09. The zero-order valence-corrected chi connectivity index (χ0v) is 16.0. The first-order valence-electron chi connectivity index (χ1n) is 9.64. The lowest BCUT2D eigenvalue weighted by Crippen LogP contribution is -2.47. The number of para-hydroxylation sites is 1. The number of rotatable bonds is 6. The van der Waals surface area contributed by atoms with E-state index in [9.17, 15) is 4.79 Å². The van der Waals surface area contributed by atoms with Gasteiger partial charge in [0, 0.05) is 25.2 Å². The van der Waals surface area contributed by atoms with Crippen LogP contribution in [0.2, 0.25) is 0 Å². The number of hydrogen-bond donors (Lipinski definition) is 1. The predicted molar refractivity (Wildman–Crippen MR) is 104 cm³/mol. The van der Waals surface area contributed by atoms with Gasteiger partial charge in [0.15, 0.2) is 17.6 Å². The molecule has 4 rings (SSSR count). The number of amides is 1. The SMILES string of the molecule is CC(Oc1ccccc1)C(=O)NCC1(c2ccc3c(c2)OCO3)CCOCC1. The summed E-state index contributed by atoms with van der Waals surface area (Å²) in [4.78, 5) is 12.6. The van der Waals surface area contributed by atoms with Gasteiger partial charge in [0.25, 0.3) is 5.91 Å². The Bertz CT molecular complexity index is 817. The number of carbonyl (C=O) groups excluding carboxylic acids is 1. The minimum absolute atomic E-state index is 0.129. The second-order valence-corrected chi connectivity index (χ2v) is 7.25. The van der Waals surface area contributed by atoms with Crippen LogP contribution in [0.5, 0.6) is 17.2 Å². The molecule has 2 heterocycles. The number of benzene rings is 2. The molecular formula is C22H25NO5. The molecule has 2 aromatic rings. The Balaban J connectivity index is 1.45. The summed E-state index contributed by atoms with van der Waals surface area (Å²) in [6.07, 6.45) is 1.10. The van der Waals surface area contributed by atoms with Crippen molar-refractivity contribution >= 4 is 5.91 Å². The highest BCUT2D eigenvalue weighted by molar-refractivity contribution is 5.80. The number of fused-ring (bicyclic) bond motifs is 1. The molecule has 1 amide bonds. The Morgan fingerprint density at radius 2 is 1.86 bits per heavy atom. The van der Waals surface area contributed by atoms with Crippen LogP contribution in [0.4, 0.5) is 0 Å². The van der Waals surface area contributed by atoms with E-state index in [-0.39, 0.29) is 18.1 Å². The van der Waals surface area contributed by atoms with Gasteiger partial charge < -0.3 is 24.3 Å². The van der Waals surface area contributed by atoms with Crippen LogP contribution in [0.25, 0.3) is 0 Å². The molecule has 0 radical (unpaired) electrons. The van der Waals surface area contributed by atoms with Crippen molar-refractivity contribution < 1.29 is 23.7 Å². The number of carbonyl (C=O) groups is 1. The summed E-state index contributed by atoms with van der Waals surface area (Å²) in [7, 11) is 0. The Hall–Kier alpha value is -2.73. The lowest BCUT2D eigenvalue weighted by atomic mass is 9.74. The maximum atomic E-state index is 12.6. The number of ether oxygens (including phenoxy) is 4. The average Bonchev–Trinajstić information content (AvgIpc) is 3.21. The lowest BCUT2D eigenvalue weighted by Gasteiger charge is -2.38. The van der Waals surface area contributed by atoms with Crippen molar-refractivity contribution in [2.24, 2.45) is 0 Å². The fourth-order valence-electron chi connectivity index (χ4n) is 3.71. The van der Waals surface area contributed by atoms with Crippen LogP contribution in [0.3, 0.4) is 0 Å². The Kier molecular flexibility index (Phi) is 5.39. The van der Waals surface area contributed by atoms with Gasteiger partial charge in [-0.2, -0.15) is 0 Å². The number of nitrogens with one attached hydrogen (secondary N) is 1. The Labute approximate surface area is 164 Å². The molecule has 0 spiro atoms. The van der Waals surface area contributed by atoms with Gasteiger partial charge in [-0.3, -0.25) is 4.79 Å². The molecule has 0 bridgehead atoms. The highest BCUT2D eigenvalue weighted by Crippen LogP contribution is 2.40. The minimum atomic E-state index is -0.573. The molecule has 28 heavy (non-hydrogen) atoms. The largest absolute Gasteiger partial charge is 0.481 e. The van der Waals surface area contributed by atoms with Gasteiger partial charge in [0.1, 0.15) is 5.75 Å². The van der Waals surface area contributed by atoms with E-state index in [4.69, 9.17) is 18.9 Å². The molecule has 0 saturated carbocycles. The van der Waals surface area contributed by atoms with Crippen molar-refractivity contribution in [3.8, 4) is 17.2 Å². The maximum absolute atomic E-state index is 12.6. The minimum Gasteiger partial charge on any atom is -0.481 e. The van der Waals surface area contributed by atoms with Gasteiger partial charge in [0.2, 0.25) is 6.79 Å². The van der Waals surface area contributed by atoms with Gasteiger partial charge in [-0.05, 0) is 49.6 Å². The Morgan fingerprint density at radius 1 is 1.11 bits per heavy atom. The summed E-state index contributed by atoms with van der Waals surface area (Å²) >= 11 is 0. The molecule has 148 valence electrons. The van der Waals surface area contributed by atoms with E-state index < -0.39 is 6.10 Å².